The molecular formula is C21H32N4O4S. The zero-order chi connectivity index (χ0) is 22.1. The van der Waals surface area contributed by atoms with Gasteiger partial charge >= 0.3 is 6.09 Å². The molecule has 1 aromatic rings. The summed E-state index contributed by atoms with van der Waals surface area (Å²) in [4.78, 5) is 20.6. The summed E-state index contributed by atoms with van der Waals surface area (Å²) in [5.41, 5.74) is 0.558. The van der Waals surface area contributed by atoms with Crippen LogP contribution in [0.2, 0.25) is 0 Å². The van der Waals surface area contributed by atoms with E-state index < -0.39 is 15.6 Å². The highest BCUT2D eigenvalue weighted by Crippen LogP contribution is 2.23. The van der Waals surface area contributed by atoms with Crippen LogP contribution in [-0.2, 0) is 14.8 Å². The second kappa shape index (κ2) is 8.45. The fourth-order valence-corrected chi connectivity index (χ4v) is 4.92. The highest BCUT2D eigenvalue weighted by atomic mass is 32.2. The second-order valence-electron chi connectivity index (χ2n) is 8.94. The molecule has 166 valence electrons. The number of amides is 1. The van der Waals surface area contributed by atoms with Gasteiger partial charge in [-0.25, -0.2) is 17.5 Å². The Labute approximate surface area is 179 Å². The summed E-state index contributed by atoms with van der Waals surface area (Å²) in [7, 11) is -3.68. The van der Waals surface area contributed by atoms with Crippen LogP contribution in [0.25, 0.3) is 0 Å². The molecule has 0 unspecified atom stereocenters. The quantitative estimate of drug-likeness (QED) is 0.728. The highest BCUT2D eigenvalue weighted by molar-refractivity contribution is 7.89. The van der Waals surface area contributed by atoms with Crippen molar-refractivity contribution in [2.24, 2.45) is 4.99 Å². The molecule has 3 rings (SSSR count). The van der Waals surface area contributed by atoms with Crippen LogP contribution in [0.3, 0.4) is 0 Å². The number of hydrogen-bond donors (Lipinski definition) is 0. The molecule has 9 heteroatoms. The van der Waals surface area contributed by atoms with E-state index >= 15 is 0 Å². The van der Waals surface area contributed by atoms with E-state index in [4.69, 9.17) is 4.74 Å². The van der Waals surface area contributed by atoms with Gasteiger partial charge in [-0.1, -0.05) is 26.0 Å². The number of sulfonamides is 1. The fraction of sp³-hybridized carbons (Fsp3) is 0.619. The van der Waals surface area contributed by atoms with Crippen LogP contribution in [0.4, 0.5) is 4.79 Å². The van der Waals surface area contributed by atoms with Crippen molar-refractivity contribution in [3.05, 3.63) is 29.8 Å². The molecule has 30 heavy (non-hydrogen) atoms. The molecule has 1 fully saturated rings. The Bertz CT molecular complexity index is 896. The van der Waals surface area contributed by atoms with E-state index in [0.717, 1.165) is 5.56 Å². The number of nitrogens with zero attached hydrogens (tertiary/aromatic N) is 4. The lowest BCUT2D eigenvalue weighted by atomic mass is 10.0. The molecule has 0 aromatic heterocycles. The predicted molar refractivity (Wildman–Crippen MR) is 116 cm³/mol. The maximum Gasteiger partial charge on any atom is 0.410 e. The molecule has 0 saturated carbocycles. The largest absolute Gasteiger partial charge is 0.444 e. The summed E-state index contributed by atoms with van der Waals surface area (Å²) < 4.78 is 33.3. The third kappa shape index (κ3) is 4.88. The van der Waals surface area contributed by atoms with Crippen molar-refractivity contribution in [2.45, 2.75) is 51.0 Å². The lowest BCUT2D eigenvalue weighted by Crippen LogP contribution is -2.55. The molecule has 0 radical (unpaired) electrons. The molecular weight excluding hydrogens is 404 g/mol. The van der Waals surface area contributed by atoms with Crippen LogP contribution in [0.1, 0.15) is 46.1 Å². The van der Waals surface area contributed by atoms with Crippen molar-refractivity contribution in [2.75, 3.05) is 39.3 Å². The summed E-state index contributed by atoms with van der Waals surface area (Å²) >= 11 is 0. The monoisotopic (exact) mass is 436 g/mol. The van der Waals surface area contributed by atoms with E-state index in [0.29, 0.717) is 51.1 Å². The van der Waals surface area contributed by atoms with Crippen LogP contribution in [-0.4, -0.2) is 79.4 Å². The van der Waals surface area contributed by atoms with Crippen molar-refractivity contribution >= 4 is 22.1 Å². The first kappa shape index (κ1) is 22.4. The van der Waals surface area contributed by atoms with E-state index in [9.17, 15) is 13.2 Å². The molecule has 0 aliphatic carbocycles. The molecule has 8 nitrogen and oxygen atoms in total. The van der Waals surface area contributed by atoms with Crippen LogP contribution < -0.4 is 0 Å². The third-order valence-corrected chi connectivity index (χ3v) is 6.92. The minimum atomic E-state index is -3.68. The van der Waals surface area contributed by atoms with Gasteiger partial charge in [-0.05, 0) is 44.4 Å². The molecule has 0 spiro atoms. The van der Waals surface area contributed by atoms with E-state index in [1.54, 1.807) is 17.0 Å². The molecule has 0 atom stereocenters. The first-order chi connectivity index (χ1) is 14.0. The summed E-state index contributed by atoms with van der Waals surface area (Å²) in [6.07, 6.45) is -0.342. The smallest absolute Gasteiger partial charge is 0.410 e. The Morgan fingerprint density at radius 1 is 1.03 bits per heavy atom. The van der Waals surface area contributed by atoms with Gasteiger partial charge in [0, 0.05) is 26.2 Å². The normalized spacial score (nSPS) is 18.1. The maximum atomic E-state index is 13.2. The Morgan fingerprint density at radius 3 is 2.17 bits per heavy atom. The molecule has 2 aliphatic heterocycles. The van der Waals surface area contributed by atoms with Gasteiger partial charge in [-0.15, -0.1) is 0 Å². The average molecular weight is 437 g/mol. The number of guanidine groups is 1. The van der Waals surface area contributed by atoms with Crippen LogP contribution in [0.15, 0.2) is 34.2 Å². The van der Waals surface area contributed by atoms with Crippen molar-refractivity contribution < 1.29 is 17.9 Å². The standard InChI is InChI=1S/C21H32N4O4S/c1-16(2)17-6-8-18(9-7-17)30(27,28)25-11-10-22-19(25)23-12-14-24(15-13-23)20(26)29-21(3,4)5/h6-9,16H,10-15H2,1-5H3. The first-order valence-electron chi connectivity index (χ1n) is 10.4. The number of rotatable bonds is 3. The minimum Gasteiger partial charge on any atom is -0.444 e. The van der Waals surface area contributed by atoms with E-state index in [-0.39, 0.29) is 11.0 Å². The zero-order valence-electron chi connectivity index (χ0n) is 18.5. The fourth-order valence-electron chi connectivity index (χ4n) is 3.47. The Balaban J connectivity index is 1.68. The molecule has 2 heterocycles. The number of hydrogen-bond acceptors (Lipinski definition) is 6. The maximum absolute atomic E-state index is 13.2. The van der Waals surface area contributed by atoms with E-state index in [1.165, 1.54) is 4.31 Å². The summed E-state index contributed by atoms with van der Waals surface area (Å²) in [6, 6.07) is 7.07. The van der Waals surface area contributed by atoms with Gasteiger partial charge in [-0.3, -0.25) is 4.99 Å². The number of carbonyl (C=O) groups is 1. The summed E-state index contributed by atoms with van der Waals surface area (Å²) in [5.74, 6) is 0.804. The second-order valence-corrected chi connectivity index (χ2v) is 10.8. The molecule has 1 saturated heterocycles. The van der Waals surface area contributed by atoms with Crippen molar-refractivity contribution in [3.8, 4) is 0 Å². The lowest BCUT2D eigenvalue weighted by Gasteiger charge is -2.38. The molecule has 1 aromatic carbocycles. The van der Waals surface area contributed by atoms with Gasteiger partial charge < -0.3 is 14.5 Å². The van der Waals surface area contributed by atoms with Crippen molar-refractivity contribution in [1.82, 2.24) is 14.1 Å². The number of benzene rings is 1. The third-order valence-electron chi connectivity index (χ3n) is 5.13. The molecule has 0 N–H and O–H groups in total. The van der Waals surface area contributed by atoms with Gasteiger partial charge in [0.05, 0.1) is 18.0 Å². The van der Waals surface area contributed by atoms with Crippen LogP contribution in [0, 0.1) is 0 Å². The molecule has 2 aliphatic rings. The first-order valence-corrected chi connectivity index (χ1v) is 11.8. The zero-order valence-corrected chi connectivity index (χ0v) is 19.3. The van der Waals surface area contributed by atoms with Crippen LogP contribution in [0.5, 0.6) is 0 Å². The van der Waals surface area contributed by atoms with E-state index in [2.05, 4.69) is 18.8 Å². The summed E-state index contributed by atoms with van der Waals surface area (Å²) in [5, 5.41) is 0. The minimum absolute atomic E-state index is 0.272. The number of aliphatic imine (C=N–C) groups is 1. The van der Waals surface area contributed by atoms with Gasteiger partial charge in [0.2, 0.25) is 5.96 Å². The van der Waals surface area contributed by atoms with Crippen LogP contribution >= 0.6 is 0 Å². The Morgan fingerprint density at radius 2 is 1.63 bits per heavy atom. The number of piperazine rings is 1. The SMILES string of the molecule is CC(C)c1ccc(S(=O)(=O)N2CCN=C2N2CCN(C(=O)OC(C)(C)C)CC2)cc1. The molecule has 1 amide bonds. The summed E-state index contributed by atoms with van der Waals surface area (Å²) in [6.45, 7) is 12.4. The van der Waals surface area contributed by atoms with E-state index in [1.807, 2.05) is 37.8 Å². The Kier molecular flexibility index (Phi) is 6.31. The number of carbonyl (C=O) groups excluding carboxylic acids is 1. The average Bonchev–Trinajstić information content (AvgIpc) is 3.17. The molecule has 0 bridgehead atoms. The predicted octanol–water partition coefficient (Wildman–Crippen LogP) is 2.72. The topological polar surface area (TPSA) is 82.5 Å². The number of ether oxygens (including phenoxy) is 1. The van der Waals surface area contributed by atoms with Gasteiger partial charge in [0.25, 0.3) is 10.0 Å². The van der Waals surface area contributed by atoms with Crippen molar-refractivity contribution in [1.29, 1.82) is 0 Å². The van der Waals surface area contributed by atoms with Gasteiger partial charge in [-0.2, -0.15) is 0 Å². The highest BCUT2D eigenvalue weighted by Gasteiger charge is 2.36. The van der Waals surface area contributed by atoms with Gasteiger partial charge in [0.1, 0.15) is 5.60 Å². The Hall–Kier alpha value is -2.29. The van der Waals surface area contributed by atoms with Crippen molar-refractivity contribution in [3.63, 3.8) is 0 Å². The lowest BCUT2D eigenvalue weighted by molar-refractivity contribution is 0.0183. The van der Waals surface area contributed by atoms with Gasteiger partial charge in [0.15, 0.2) is 0 Å².